The van der Waals surface area contributed by atoms with Gasteiger partial charge < -0.3 is 14.3 Å². The van der Waals surface area contributed by atoms with Crippen molar-refractivity contribution in [2.75, 3.05) is 22.4 Å². The van der Waals surface area contributed by atoms with Gasteiger partial charge in [-0.15, -0.1) is 10.2 Å². The van der Waals surface area contributed by atoms with E-state index >= 15 is 0 Å². The summed E-state index contributed by atoms with van der Waals surface area (Å²) in [7, 11) is -0.506. The monoisotopic (exact) mass is 483 g/mol. The summed E-state index contributed by atoms with van der Waals surface area (Å²) in [6, 6.07) is 18.5. The van der Waals surface area contributed by atoms with Gasteiger partial charge in [-0.05, 0) is 42.5 Å². The van der Waals surface area contributed by atoms with E-state index in [1.165, 1.54) is 35.2 Å². The molecule has 2 aromatic heterocycles. The second-order valence-corrected chi connectivity index (χ2v) is 9.93. The van der Waals surface area contributed by atoms with E-state index in [-0.39, 0.29) is 16.6 Å². The Balaban J connectivity index is 1.42. The van der Waals surface area contributed by atoms with Crippen LogP contribution in [0.5, 0.6) is 0 Å². The lowest BCUT2D eigenvalue weighted by Crippen LogP contribution is -2.26. The van der Waals surface area contributed by atoms with Crippen LogP contribution in [0.3, 0.4) is 0 Å². The number of furan rings is 1. The topological polar surface area (TPSA) is 110 Å². The highest BCUT2D eigenvalue weighted by molar-refractivity contribution is 7.99. The summed E-state index contributed by atoms with van der Waals surface area (Å²) < 4.78 is 34.3. The molecule has 170 valence electrons. The molecule has 0 aliphatic carbocycles. The first-order valence-corrected chi connectivity index (χ1v) is 12.3. The molecule has 0 saturated heterocycles. The molecule has 1 N–H and O–H groups in total. The smallest absolute Gasteiger partial charge is 0.264 e. The van der Waals surface area contributed by atoms with Gasteiger partial charge in [0.2, 0.25) is 5.91 Å². The first-order valence-electron chi connectivity index (χ1n) is 9.86. The number of rotatable bonds is 8. The van der Waals surface area contributed by atoms with Crippen molar-refractivity contribution in [3.8, 4) is 11.6 Å². The van der Waals surface area contributed by atoms with Crippen LogP contribution in [0.4, 0.5) is 11.4 Å². The highest BCUT2D eigenvalue weighted by Gasteiger charge is 2.22. The van der Waals surface area contributed by atoms with Gasteiger partial charge >= 0.3 is 0 Å². The minimum atomic E-state index is -3.78. The summed E-state index contributed by atoms with van der Waals surface area (Å²) in [5.41, 5.74) is 0.929. The first kappa shape index (κ1) is 22.6. The van der Waals surface area contributed by atoms with Crippen molar-refractivity contribution in [1.29, 1.82) is 0 Å². The molecule has 0 aliphatic rings. The molecular formula is C22H21N5O4S2. The molecule has 4 rings (SSSR count). The second-order valence-electron chi connectivity index (χ2n) is 7.02. The van der Waals surface area contributed by atoms with E-state index in [4.69, 9.17) is 4.42 Å². The number of hydrogen-bond acceptors (Lipinski definition) is 7. The molecule has 11 heteroatoms. The van der Waals surface area contributed by atoms with Crippen LogP contribution < -0.4 is 9.62 Å². The molecular weight excluding hydrogens is 462 g/mol. The molecule has 0 spiro atoms. The van der Waals surface area contributed by atoms with E-state index in [2.05, 4.69) is 15.5 Å². The summed E-state index contributed by atoms with van der Waals surface area (Å²) in [5.74, 6) is 0.919. The number of thioether (sulfide) groups is 1. The lowest BCUT2D eigenvalue weighted by Gasteiger charge is -2.19. The largest absolute Gasteiger partial charge is 0.461 e. The number of para-hydroxylation sites is 1. The maximum atomic E-state index is 13.0. The van der Waals surface area contributed by atoms with E-state index < -0.39 is 10.0 Å². The lowest BCUT2D eigenvalue weighted by atomic mass is 10.3. The Kier molecular flexibility index (Phi) is 6.52. The quantitative estimate of drug-likeness (QED) is 0.381. The van der Waals surface area contributed by atoms with E-state index in [1.807, 2.05) is 6.07 Å². The van der Waals surface area contributed by atoms with Gasteiger partial charge in [0.05, 0.1) is 22.6 Å². The van der Waals surface area contributed by atoms with Crippen LogP contribution in [0.25, 0.3) is 11.6 Å². The van der Waals surface area contributed by atoms with E-state index in [1.54, 1.807) is 66.4 Å². The highest BCUT2D eigenvalue weighted by Crippen LogP contribution is 2.25. The van der Waals surface area contributed by atoms with Gasteiger partial charge in [-0.25, -0.2) is 8.42 Å². The fourth-order valence-electron chi connectivity index (χ4n) is 3.06. The van der Waals surface area contributed by atoms with Gasteiger partial charge in [-0.2, -0.15) is 0 Å². The molecule has 4 aromatic rings. The number of aromatic nitrogens is 3. The number of anilines is 2. The Labute approximate surface area is 195 Å². The van der Waals surface area contributed by atoms with Crippen molar-refractivity contribution < 1.29 is 17.6 Å². The molecule has 33 heavy (non-hydrogen) atoms. The van der Waals surface area contributed by atoms with Crippen LogP contribution in [0.2, 0.25) is 0 Å². The number of benzene rings is 2. The molecule has 9 nitrogen and oxygen atoms in total. The fourth-order valence-corrected chi connectivity index (χ4v) is 5.01. The van der Waals surface area contributed by atoms with Gasteiger partial charge in [0.25, 0.3) is 10.0 Å². The van der Waals surface area contributed by atoms with Crippen molar-refractivity contribution in [2.24, 2.45) is 7.05 Å². The van der Waals surface area contributed by atoms with Crippen molar-refractivity contribution in [1.82, 2.24) is 14.8 Å². The number of nitrogens with zero attached hydrogens (tertiary/aromatic N) is 4. The lowest BCUT2D eigenvalue weighted by molar-refractivity contribution is -0.113. The number of carbonyl (C=O) groups is 1. The van der Waals surface area contributed by atoms with Crippen LogP contribution in [0.1, 0.15) is 0 Å². The summed E-state index contributed by atoms with van der Waals surface area (Å²) in [6.07, 6.45) is 1.55. The molecule has 0 radical (unpaired) electrons. The molecule has 0 aliphatic heterocycles. The number of carbonyl (C=O) groups excluding carboxylic acids is 1. The molecule has 0 bridgehead atoms. The second kappa shape index (κ2) is 9.51. The van der Waals surface area contributed by atoms with Crippen LogP contribution >= 0.6 is 11.8 Å². The Morgan fingerprint density at radius 1 is 1.09 bits per heavy atom. The van der Waals surface area contributed by atoms with Crippen molar-refractivity contribution in [2.45, 2.75) is 10.1 Å². The Morgan fingerprint density at radius 3 is 2.61 bits per heavy atom. The third kappa shape index (κ3) is 4.94. The van der Waals surface area contributed by atoms with Gasteiger partial charge in [-0.3, -0.25) is 9.10 Å². The van der Waals surface area contributed by atoms with Gasteiger partial charge in [0, 0.05) is 19.8 Å². The van der Waals surface area contributed by atoms with E-state index in [9.17, 15) is 13.2 Å². The number of hydrogen-bond donors (Lipinski definition) is 1. The van der Waals surface area contributed by atoms with Crippen molar-refractivity contribution in [3.05, 3.63) is 73.0 Å². The fraction of sp³-hybridized carbons (Fsp3) is 0.136. The zero-order valence-electron chi connectivity index (χ0n) is 17.9. The maximum Gasteiger partial charge on any atom is 0.264 e. The van der Waals surface area contributed by atoms with Crippen LogP contribution in [0, 0.1) is 0 Å². The zero-order chi connectivity index (χ0) is 23.4. The van der Waals surface area contributed by atoms with Crippen LogP contribution in [0.15, 0.2) is 87.5 Å². The summed E-state index contributed by atoms with van der Waals surface area (Å²) >= 11 is 1.21. The predicted octanol–water partition coefficient (Wildman–Crippen LogP) is 3.63. The van der Waals surface area contributed by atoms with Crippen molar-refractivity contribution in [3.63, 3.8) is 0 Å². The van der Waals surface area contributed by atoms with Crippen LogP contribution in [-0.4, -0.2) is 41.9 Å². The maximum absolute atomic E-state index is 13.0. The SMILES string of the molecule is CN(c1ccccc1)S(=O)(=O)c1cccc(NC(=O)CSc2nnc(-c3ccco3)n2C)c1. The van der Waals surface area contributed by atoms with Gasteiger partial charge in [0.1, 0.15) is 0 Å². The number of amides is 1. The molecule has 0 atom stereocenters. The summed E-state index contributed by atoms with van der Waals surface area (Å²) in [4.78, 5) is 12.6. The average molecular weight is 484 g/mol. The van der Waals surface area contributed by atoms with Gasteiger partial charge in [0.15, 0.2) is 16.7 Å². The average Bonchev–Trinajstić information content (AvgIpc) is 3.47. The first-order chi connectivity index (χ1) is 15.9. The Bertz CT molecular complexity index is 1350. The summed E-state index contributed by atoms with van der Waals surface area (Å²) in [5, 5.41) is 11.5. The summed E-state index contributed by atoms with van der Waals surface area (Å²) in [6.45, 7) is 0. The Morgan fingerprint density at radius 2 is 1.88 bits per heavy atom. The minimum Gasteiger partial charge on any atom is -0.461 e. The molecule has 0 fully saturated rings. The molecule has 2 heterocycles. The van der Waals surface area contributed by atoms with Crippen molar-refractivity contribution >= 4 is 39.1 Å². The molecule has 1 amide bonds. The van der Waals surface area contributed by atoms with Gasteiger partial charge in [-0.1, -0.05) is 36.0 Å². The standard InChI is InChI=1S/C22H21N5O4S2/c1-26-21(19-12-7-13-31-19)24-25-22(26)32-15-20(28)23-16-8-6-11-18(14-16)33(29,30)27(2)17-9-4-3-5-10-17/h3-14H,15H2,1-2H3,(H,23,28). The van der Waals surface area contributed by atoms with E-state index in [0.717, 1.165) is 0 Å². The highest BCUT2D eigenvalue weighted by atomic mass is 32.2. The molecule has 0 saturated carbocycles. The zero-order valence-corrected chi connectivity index (χ0v) is 19.5. The Hall–Kier alpha value is -3.57. The number of nitrogens with one attached hydrogen (secondary N) is 1. The minimum absolute atomic E-state index is 0.0744. The van der Waals surface area contributed by atoms with Crippen LogP contribution in [-0.2, 0) is 21.9 Å². The number of sulfonamides is 1. The third-order valence-corrected chi connectivity index (χ3v) is 7.61. The molecule has 2 aromatic carbocycles. The van der Waals surface area contributed by atoms with E-state index in [0.29, 0.717) is 28.1 Å². The third-order valence-electron chi connectivity index (χ3n) is 4.80. The molecule has 0 unspecified atom stereocenters. The predicted molar refractivity (Wildman–Crippen MR) is 127 cm³/mol. The normalized spacial score (nSPS) is 11.3.